The monoisotopic (exact) mass is 444 g/mol. The first-order chi connectivity index (χ1) is 15.5. The summed E-state index contributed by atoms with van der Waals surface area (Å²) in [7, 11) is 0. The van der Waals surface area contributed by atoms with Crippen molar-refractivity contribution in [1.82, 2.24) is 0 Å². The molecule has 0 atom stereocenters. The Kier molecular flexibility index (Phi) is 7.31. The number of phenolic OH excluding ortho intramolecular Hbond substituents is 2. The molecule has 0 bridgehead atoms. The minimum atomic E-state index is -0.154. The fourth-order valence-electron chi connectivity index (χ4n) is 4.51. The Morgan fingerprint density at radius 3 is 1.91 bits per heavy atom. The molecule has 0 heterocycles. The van der Waals surface area contributed by atoms with Gasteiger partial charge in [0.2, 0.25) is 0 Å². The molecular formula is C30H36O3. The first-order valence-electron chi connectivity index (χ1n) is 11.7. The minimum Gasteiger partial charge on any atom is -0.508 e. The quantitative estimate of drug-likeness (QED) is 0.400. The second kappa shape index (κ2) is 9.82. The van der Waals surface area contributed by atoms with E-state index in [4.69, 9.17) is 0 Å². The Labute approximate surface area is 198 Å². The number of fused-ring (bicyclic) bond motifs is 2. The second-order valence-corrected chi connectivity index (χ2v) is 9.87. The highest BCUT2D eigenvalue weighted by molar-refractivity contribution is 6.14. The van der Waals surface area contributed by atoms with Crippen LogP contribution in [-0.4, -0.2) is 16.0 Å². The highest BCUT2D eigenvalue weighted by Crippen LogP contribution is 2.41. The molecular weight excluding hydrogens is 408 g/mol. The van der Waals surface area contributed by atoms with Crippen molar-refractivity contribution in [1.29, 1.82) is 0 Å². The van der Waals surface area contributed by atoms with Crippen LogP contribution in [0.2, 0.25) is 0 Å². The molecule has 0 saturated heterocycles. The molecule has 0 spiro atoms. The van der Waals surface area contributed by atoms with Gasteiger partial charge in [0, 0.05) is 17.2 Å². The summed E-state index contributed by atoms with van der Waals surface area (Å²) in [5.74, 6) is -0.252. The van der Waals surface area contributed by atoms with Gasteiger partial charge in [-0.2, -0.15) is 0 Å². The Morgan fingerprint density at radius 2 is 1.33 bits per heavy atom. The average Bonchev–Trinajstić information content (AvgIpc) is 2.71. The number of rotatable bonds is 6. The Balaban J connectivity index is 2.27. The molecule has 0 fully saturated rings. The molecule has 0 amide bonds. The van der Waals surface area contributed by atoms with Gasteiger partial charge in [0.05, 0.1) is 5.56 Å². The second-order valence-electron chi connectivity index (χ2n) is 9.87. The zero-order valence-electron chi connectivity index (χ0n) is 21.0. The number of allylic oxidation sites excluding steroid dienone is 6. The van der Waals surface area contributed by atoms with Crippen molar-refractivity contribution in [3.8, 4) is 11.5 Å². The summed E-state index contributed by atoms with van der Waals surface area (Å²) in [4.78, 5) is 13.7. The number of carbonyl (C=O) groups is 1. The summed E-state index contributed by atoms with van der Waals surface area (Å²) in [5.41, 5.74) is 10.7. The first-order valence-corrected chi connectivity index (χ1v) is 11.7. The van der Waals surface area contributed by atoms with Crippen LogP contribution in [0.3, 0.4) is 0 Å². The van der Waals surface area contributed by atoms with Gasteiger partial charge < -0.3 is 10.2 Å². The lowest BCUT2D eigenvalue weighted by Gasteiger charge is -2.27. The van der Waals surface area contributed by atoms with Crippen LogP contribution in [0, 0.1) is 6.92 Å². The van der Waals surface area contributed by atoms with Gasteiger partial charge in [0.15, 0.2) is 5.78 Å². The lowest BCUT2D eigenvalue weighted by atomic mass is 9.76. The number of aromatic hydroxyl groups is 2. The molecule has 2 aromatic rings. The number of benzene rings is 2. The third-order valence-corrected chi connectivity index (χ3v) is 6.43. The predicted octanol–water partition coefficient (Wildman–Crippen LogP) is 7.07. The molecule has 1 aliphatic carbocycles. The van der Waals surface area contributed by atoms with Crippen molar-refractivity contribution in [2.75, 3.05) is 0 Å². The third-order valence-electron chi connectivity index (χ3n) is 6.43. The highest BCUT2D eigenvalue weighted by atomic mass is 16.3. The van der Waals surface area contributed by atoms with Gasteiger partial charge in [0.1, 0.15) is 11.5 Å². The fraction of sp³-hybridized carbons (Fsp3) is 0.367. The number of ketones is 1. The van der Waals surface area contributed by atoms with E-state index >= 15 is 0 Å². The number of hydrogen-bond donors (Lipinski definition) is 2. The molecule has 0 unspecified atom stereocenters. The van der Waals surface area contributed by atoms with Crippen LogP contribution in [0.4, 0.5) is 0 Å². The molecule has 3 rings (SSSR count). The van der Waals surface area contributed by atoms with Crippen molar-refractivity contribution in [3.05, 3.63) is 91.6 Å². The van der Waals surface area contributed by atoms with E-state index in [0.717, 1.165) is 40.7 Å². The molecule has 0 saturated carbocycles. The van der Waals surface area contributed by atoms with Crippen molar-refractivity contribution >= 4 is 5.78 Å². The highest BCUT2D eigenvalue weighted by Gasteiger charge is 2.32. The molecule has 0 aliphatic heterocycles. The Morgan fingerprint density at radius 1 is 0.788 bits per heavy atom. The van der Waals surface area contributed by atoms with Crippen molar-refractivity contribution in [2.45, 2.75) is 74.1 Å². The zero-order valence-corrected chi connectivity index (χ0v) is 21.0. The summed E-state index contributed by atoms with van der Waals surface area (Å²) in [6, 6.07) is 3.34. The van der Waals surface area contributed by atoms with Crippen LogP contribution < -0.4 is 0 Å². The molecule has 33 heavy (non-hydrogen) atoms. The van der Waals surface area contributed by atoms with E-state index in [2.05, 4.69) is 46.8 Å². The lowest BCUT2D eigenvalue weighted by molar-refractivity contribution is 0.103. The van der Waals surface area contributed by atoms with Gasteiger partial charge in [0.25, 0.3) is 0 Å². The molecule has 2 N–H and O–H groups in total. The maximum absolute atomic E-state index is 13.7. The minimum absolute atomic E-state index is 0.0442. The van der Waals surface area contributed by atoms with Crippen molar-refractivity contribution < 1.29 is 15.0 Å². The van der Waals surface area contributed by atoms with Crippen LogP contribution in [0.25, 0.3) is 0 Å². The van der Waals surface area contributed by atoms with Crippen LogP contribution in [-0.2, 0) is 25.7 Å². The normalized spacial score (nSPS) is 12.0. The summed E-state index contributed by atoms with van der Waals surface area (Å²) >= 11 is 0. The summed E-state index contributed by atoms with van der Waals surface area (Å²) in [6.07, 6.45) is 9.03. The van der Waals surface area contributed by atoms with E-state index in [1.165, 1.54) is 28.3 Å². The van der Waals surface area contributed by atoms with E-state index in [9.17, 15) is 15.0 Å². The van der Waals surface area contributed by atoms with E-state index in [0.29, 0.717) is 24.0 Å². The molecule has 1 aliphatic rings. The van der Waals surface area contributed by atoms with Crippen LogP contribution in [0.1, 0.15) is 90.8 Å². The maximum Gasteiger partial charge on any atom is 0.197 e. The largest absolute Gasteiger partial charge is 0.508 e. The number of phenols is 2. The number of carbonyl (C=O) groups excluding carboxylic acids is 1. The molecule has 0 aromatic heterocycles. The molecule has 174 valence electrons. The number of hydrogen-bond acceptors (Lipinski definition) is 3. The predicted molar refractivity (Wildman–Crippen MR) is 137 cm³/mol. The molecule has 3 nitrogen and oxygen atoms in total. The summed E-state index contributed by atoms with van der Waals surface area (Å²) < 4.78 is 0. The Bertz CT molecular complexity index is 1190. The van der Waals surface area contributed by atoms with Gasteiger partial charge in [-0.15, -0.1) is 0 Å². The van der Waals surface area contributed by atoms with Crippen LogP contribution >= 0.6 is 0 Å². The van der Waals surface area contributed by atoms with E-state index < -0.39 is 0 Å². The van der Waals surface area contributed by atoms with Crippen LogP contribution in [0.5, 0.6) is 11.5 Å². The maximum atomic E-state index is 13.7. The van der Waals surface area contributed by atoms with Gasteiger partial charge in [-0.3, -0.25) is 4.79 Å². The SMILES string of the molecule is CC(C)=CCc1cc2c(c(CC=C(C)C)c1C)Cc1c(CC=C(C)C)c(O)cc(O)c1C2=O. The van der Waals surface area contributed by atoms with Crippen molar-refractivity contribution in [2.24, 2.45) is 0 Å². The van der Waals surface area contributed by atoms with Gasteiger partial charge >= 0.3 is 0 Å². The van der Waals surface area contributed by atoms with E-state index in [-0.39, 0.29) is 17.3 Å². The lowest BCUT2D eigenvalue weighted by Crippen LogP contribution is -2.20. The summed E-state index contributed by atoms with van der Waals surface area (Å²) in [5, 5.41) is 21.3. The Hall–Kier alpha value is -3.07. The smallest absolute Gasteiger partial charge is 0.197 e. The van der Waals surface area contributed by atoms with Gasteiger partial charge in [-0.05, 0) is 108 Å². The van der Waals surface area contributed by atoms with Crippen LogP contribution in [0.15, 0.2) is 47.1 Å². The van der Waals surface area contributed by atoms with E-state index in [1.807, 2.05) is 26.0 Å². The fourth-order valence-corrected chi connectivity index (χ4v) is 4.51. The first kappa shape index (κ1) is 24.6. The molecule has 0 radical (unpaired) electrons. The molecule has 3 heteroatoms. The third kappa shape index (κ3) is 5.13. The summed E-state index contributed by atoms with van der Waals surface area (Å²) in [6.45, 7) is 14.5. The van der Waals surface area contributed by atoms with Crippen molar-refractivity contribution in [3.63, 3.8) is 0 Å². The molecule has 2 aromatic carbocycles. The standard InChI is InChI=1S/C30H36O3/c1-17(2)8-11-21-14-26-24(22(20(21)7)12-9-18(3)4)15-25-23(13-10-19(5)6)27(31)16-28(32)29(25)30(26)33/h8-10,14,16,31-32H,11-13,15H2,1-7H3. The topological polar surface area (TPSA) is 57.5 Å². The average molecular weight is 445 g/mol. The van der Waals surface area contributed by atoms with Gasteiger partial charge in [-0.1, -0.05) is 34.9 Å². The zero-order chi connectivity index (χ0) is 24.4. The van der Waals surface area contributed by atoms with E-state index in [1.54, 1.807) is 0 Å². The van der Waals surface area contributed by atoms with Gasteiger partial charge in [-0.25, -0.2) is 0 Å².